The summed E-state index contributed by atoms with van der Waals surface area (Å²) in [5.41, 5.74) is 5.37. The quantitative estimate of drug-likeness (QED) is 0.615. The monoisotopic (exact) mass is 238 g/mol. The lowest BCUT2D eigenvalue weighted by Gasteiger charge is -2.21. The van der Waals surface area contributed by atoms with Gasteiger partial charge in [0.25, 0.3) is 0 Å². The molecule has 0 radical (unpaired) electrons. The van der Waals surface area contributed by atoms with Crippen LogP contribution in [0, 0.1) is 0 Å². The van der Waals surface area contributed by atoms with E-state index in [9.17, 15) is 8.42 Å². The number of sulfonamides is 1. The summed E-state index contributed by atoms with van der Waals surface area (Å²) >= 11 is 0. The highest BCUT2D eigenvalue weighted by molar-refractivity contribution is 7.89. The Hall–Kier alpha value is -0.170. The Labute approximate surface area is 92.6 Å². The smallest absolute Gasteiger partial charge is 0.216 e. The van der Waals surface area contributed by atoms with E-state index in [1.807, 2.05) is 6.92 Å². The molecule has 92 valence electrons. The van der Waals surface area contributed by atoms with Crippen molar-refractivity contribution in [2.45, 2.75) is 19.8 Å². The van der Waals surface area contributed by atoms with E-state index in [-0.39, 0.29) is 12.4 Å². The van der Waals surface area contributed by atoms with Gasteiger partial charge in [-0.05, 0) is 19.4 Å². The Kier molecular flexibility index (Phi) is 7.95. The zero-order chi connectivity index (χ0) is 11.7. The van der Waals surface area contributed by atoms with Crippen molar-refractivity contribution in [1.29, 1.82) is 0 Å². The van der Waals surface area contributed by atoms with Crippen molar-refractivity contribution in [3.8, 4) is 0 Å². The molecule has 15 heavy (non-hydrogen) atoms. The number of methoxy groups -OCH3 is 1. The summed E-state index contributed by atoms with van der Waals surface area (Å²) in [5.74, 6) is 0.0497. The number of nitrogens with two attached hydrogens (primary N) is 1. The molecule has 0 heterocycles. The zero-order valence-corrected chi connectivity index (χ0v) is 10.4. The molecule has 0 aromatic rings. The van der Waals surface area contributed by atoms with Crippen molar-refractivity contribution in [2.24, 2.45) is 5.73 Å². The summed E-state index contributed by atoms with van der Waals surface area (Å²) in [6.07, 6.45) is 1.52. The second-order valence-corrected chi connectivity index (χ2v) is 5.44. The molecule has 2 N–H and O–H groups in total. The SMILES string of the molecule is CCCN(CCCN)S(=O)(=O)CCOC. The van der Waals surface area contributed by atoms with Gasteiger partial charge in [-0.15, -0.1) is 0 Å². The van der Waals surface area contributed by atoms with Crippen molar-refractivity contribution in [3.05, 3.63) is 0 Å². The van der Waals surface area contributed by atoms with Gasteiger partial charge in [0.1, 0.15) is 0 Å². The molecule has 0 saturated carbocycles. The predicted octanol–water partition coefficient (Wildman–Crippen LogP) is 0.0234. The molecule has 0 atom stereocenters. The first-order valence-corrected chi connectivity index (χ1v) is 6.86. The molecule has 0 bridgehead atoms. The van der Waals surface area contributed by atoms with Crippen LogP contribution in [0.3, 0.4) is 0 Å². The summed E-state index contributed by atoms with van der Waals surface area (Å²) in [4.78, 5) is 0. The third-order valence-corrected chi connectivity index (χ3v) is 3.86. The average Bonchev–Trinajstić information content (AvgIpc) is 2.21. The normalized spacial score (nSPS) is 12.3. The highest BCUT2D eigenvalue weighted by atomic mass is 32.2. The van der Waals surface area contributed by atoms with Crippen LogP contribution in [0.4, 0.5) is 0 Å². The Morgan fingerprint density at radius 3 is 2.47 bits per heavy atom. The van der Waals surface area contributed by atoms with Gasteiger partial charge in [-0.3, -0.25) is 0 Å². The van der Waals surface area contributed by atoms with Crippen LogP contribution in [0.5, 0.6) is 0 Å². The maximum absolute atomic E-state index is 11.8. The number of hydrogen-bond acceptors (Lipinski definition) is 4. The highest BCUT2D eigenvalue weighted by Crippen LogP contribution is 2.04. The lowest BCUT2D eigenvalue weighted by molar-refractivity contribution is 0.215. The number of hydrogen-bond donors (Lipinski definition) is 1. The van der Waals surface area contributed by atoms with E-state index in [0.717, 1.165) is 6.42 Å². The lowest BCUT2D eigenvalue weighted by Crippen LogP contribution is -2.36. The maximum Gasteiger partial charge on any atom is 0.216 e. The van der Waals surface area contributed by atoms with Gasteiger partial charge in [0.05, 0.1) is 12.4 Å². The minimum Gasteiger partial charge on any atom is -0.384 e. The van der Waals surface area contributed by atoms with Gasteiger partial charge < -0.3 is 10.5 Å². The average molecular weight is 238 g/mol. The molecule has 5 nitrogen and oxygen atoms in total. The van der Waals surface area contributed by atoms with Crippen molar-refractivity contribution in [2.75, 3.05) is 39.1 Å². The van der Waals surface area contributed by atoms with E-state index in [4.69, 9.17) is 10.5 Å². The fraction of sp³-hybridized carbons (Fsp3) is 1.00. The van der Waals surface area contributed by atoms with E-state index in [0.29, 0.717) is 26.1 Å². The molecule has 0 unspecified atom stereocenters. The molecular weight excluding hydrogens is 216 g/mol. The van der Waals surface area contributed by atoms with Crippen LogP contribution in [0.1, 0.15) is 19.8 Å². The van der Waals surface area contributed by atoms with E-state index < -0.39 is 10.0 Å². The van der Waals surface area contributed by atoms with Gasteiger partial charge in [-0.25, -0.2) is 12.7 Å². The second-order valence-electron chi connectivity index (χ2n) is 3.35. The van der Waals surface area contributed by atoms with Gasteiger partial charge >= 0.3 is 0 Å². The Morgan fingerprint density at radius 2 is 2.00 bits per heavy atom. The lowest BCUT2D eigenvalue weighted by atomic mass is 10.4. The van der Waals surface area contributed by atoms with Crippen LogP contribution >= 0.6 is 0 Å². The van der Waals surface area contributed by atoms with Gasteiger partial charge in [-0.2, -0.15) is 0 Å². The number of ether oxygens (including phenoxy) is 1. The number of rotatable bonds is 9. The molecule has 0 amide bonds. The summed E-state index contributed by atoms with van der Waals surface area (Å²) in [5, 5.41) is 0. The largest absolute Gasteiger partial charge is 0.384 e. The molecule has 0 aromatic heterocycles. The minimum absolute atomic E-state index is 0.0497. The number of nitrogens with zero attached hydrogens (tertiary/aromatic N) is 1. The molecular formula is C9H22N2O3S. The Bertz CT molecular complexity index is 242. The molecule has 0 spiro atoms. The van der Waals surface area contributed by atoms with Crippen molar-refractivity contribution >= 4 is 10.0 Å². The Balaban J connectivity index is 4.30. The van der Waals surface area contributed by atoms with Crippen LogP contribution in [-0.2, 0) is 14.8 Å². The fourth-order valence-electron chi connectivity index (χ4n) is 1.22. The third kappa shape index (κ3) is 6.09. The van der Waals surface area contributed by atoms with Gasteiger partial charge in [0, 0.05) is 20.2 Å². The van der Waals surface area contributed by atoms with E-state index in [1.165, 1.54) is 11.4 Å². The standard InChI is InChI=1S/C9H22N2O3S/c1-3-6-11(7-4-5-10)15(12,13)9-8-14-2/h3-10H2,1-2H3. The van der Waals surface area contributed by atoms with Gasteiger partial charge in [0.15, 0.2) is 0 Å². The first-order valence-electron chi connectivity index (χ1n) is 5.25. The van der Waals surface area contributed by atoms with Crippen molar-refractivity contribution in [3.63, 3.8) is 0 Å². The molecule has 0 rings (SSSR count). The van der Waals surface area contributed by atoms with Crippen LogP contribution in [-0.4, -0.2) is 51.8 Å². The Morgan fingerprint density at radius 1 is 1.33 bits per heavy atom. The maximum atomic E-state index is 11.8. The second kappa shape index (κ2) is 8.04. The molecule has 0 aliphatic heterocycles. The third-order valence-electron chi connectivity index (χ3n) is 2.02. The first-order chi connectivity index (χ1) is 7.08. The van der Waals surface area contributed by atoms with Crippen LogP contribution in [0.15, 0.2) is 0 Å². The van der Waals surface area contributed by atoms with Crippen molar-refractivity contribution < 1.29 is 13.2 Å². The van der Waals surface area contributed by atoms with Crippen LogP contribution < -0.4 is 5.73 Å². The van der Waals surface area contributed by atoms with Crippen LogP contribution in [0.25, 0.3) is 0 Å². The summed E-state index contributed by atoms with van der Waals surface area (Å²) in [7, 11) is -1.67. The molecule has 6 heteroatoms. The molecule has 0 aliphatic carbocycles. The topological polar surface area (TPSA) is 72.6 Å². The van der Waals surface area contributed by atoms with E-state index >= 15 is 0 Å². The summed E-state index contributed by atoms with van der Waals surface area (Å²) in [6.45, 7) is 3.79. The van der Waals surface area contributed by atoms with E-state index in [2.05, 4.69) is 0 Å². The molecule has 0 aromatic carbocycles. The molecule has 0 fully saturated rings. The highest BCUT2D eigenvalue weighted by Gasteiger charge is 2.19. The van der Waals surface area contributed by atoms with E-state index in [1.54, 1.807) is 0 Å². The predicted molar refractivity (Wildman–Crippen MR) is 61.2 cm³/mol. The summed E-state index contributed by atoms with van der Waals surface area (Å²) < 4.78 is 29.9. The minimum atomic E-state index is -3.17. The zero-order valence-electron chi connectivity index (χ0n) is 9.61. The summed E-state index contributed by atoms with van der Waals surface area (Å²) in [6, 6.07) is 0. The van der Waals surface area contributed by atoms with Gasteiger partial charge in [0.2, 0.25) is 10.0 Å². The first kappa shape index (κ1) is 14.8. The van der Waals surface area contributed by atoms with Crippen LogP contribution in [0.2, 0.25) is 0 Å². The van der Waals surface area contributed by atoms with Crippen molar-refractivity contribution in [1.82, 2.24) is 4.31 Å². The molecule has 0 saturated heterocycles. The van der Waals surface area contributed by atoms with Gasteiger partial charge in [-0.1, -0.05) is 6.92 Å². The fourth-order valence-corrected chi connectivity index (χ4v) is 2.73. The molecule has 0 aliphatic rings.